The molecule has 0 aliphatic heterocycles. The molecule has 1 aromatic rings. The summed E-state index contributed by atoms with van der Waals surface area (Å²) in [5, 5.41) is 3.68. The minimum Gasteiger partial charge on any atom is -0.383 e. The van der Waals surface area contributed by atoms with Crippen LogP contribution in [-0.4, -0.2) is 19.8 Å². The minimum absolute atomic E-state index is 0.311. The van der Waals surface area contributed by atoms with Crippen molar-refractivity contribution in [3.05, 3.63) is 48.6 Å². The van der Waals surface area contributed by atoms with Gasteiger partial charge in [0.2, 0.25) is 0 Å². The highest BCUT2D eigenvalue weighted by atomic mass is 16.5. The molecule has 2 atom stereocenters. The smallest absolute Gasteiger partial charge is 0.0618 e. The van der Waals surface area contributed by atoms with Crippen LogP contribution < -0.4 is 5.32 Å². The third-order valence-electron chi connectivity index (χ3n) is 3.17. The van der Waals surface area contributed by atoms with Gasteiger partial charge in [0, 0.05) is 19.2 Å². The van der Waals surface area contributed by atoms with Gasteiger partial charge in [-0.05, 0) is 17.9 Å². The molecule has 0 saturated heterocycles. The summed E-state index contributed by atoms with van der Waals surface area (Å²) in [7, 11) is 1.75. The molecule has 0 saturated carbocycles. The third kappa shape index (κ3) is 4.63. The molecule has 1 rings (SSSR count). The number of hydrogen-bond donors (Lipinski definition) is 1. The number of methoxy groups -OCH3 is 1. The number of ether oxygens (including phenoxy) is 1. The lowest BCUT2D eigenvalue weighted by atomic mass is 9.99. The molecule has 1 N–H and O–H groups in total. The first-order valence-corrected chi connectivity index (χ1v) is 6.59. The topological polar surface area (TPSA) is 21.3 Å². The summed E-state index contributed by atoms with van der Waals surface area (Å²) in [5.74, 6) is 0.543. The summed E-state index contributed by atoms with van der Waals surface area (Å²) in [6.45, 7) is 9.02. The van der Waals surface area contributed by atoms with Crippen molar-refractivity contribution in [1.82, 2.24) is 5.32 Å². The maximum absolute atomic E-state index is 5.29. The van der Waals surface area contributed by atoms with E-state index in [1.807, 2.05) is 12.1 Å². The summed E-state index contributed by atoms with van der Waals surface area (Å²) >= 11 is 0. The van der Waals surface area contributed by atoms with Gasteiger partial charge in [-0.2, -0.15) is 0 Å². The van der Waals surface area contributed by atoms with Crippen LogP contribution in [0, 0.1) is 5.92 Å². The Labute approximate surface area is 111 Å². The van der Waals surface area contributed by atoms with Crippen LogP contribution in [0.5, 0.6) is 0 Å². The van der Waals surface area contributed by atoms with Crippen molar-refractivity contribution in [2.45, 2.75) is 32.4 Å². The molecule has 0 aromatic heterocycles. The molecule has 0 aliphatic carbocycles. The molecule has 0 unspecified atom stereocenters. The Morgan fingerprint density at radius 2 is 1.94 bits per heavy atom. The van der Waals surface area contributed by atoms with Gasteiger partial charge in [-0.25, -0.2) is 0 Å². The molecule has 0 aliphatic rings. The molecule has 0 bridgehead atoms. The fraction of sp³-hybridized carbons (Fsp3) is 0.500. The highest BCUT2D eigenvalue weighted by Crippen LogP contribution is 2.19. The zero-order valence-electron chi connectivity index (χ0n) is 11.7. The zero-order valence-corrected chi connectivity index (χ0v) is 11.7. The van der Waals surface area contributed by atoms with Crippen LogP contribution in [-0.2, 0) is 4.74 Å². The Morgan fingerprint density at radius 1 is 1.28 bits per heavy atom. The van der Waals surface area contributed by atoms with Crippen LogP contribution in [0.1, 0.15) is 31.9 Å². The van der Waals surface area contributed by atoms with Crippen molar-refractivity contribution in [2.24, 2.45) is 5.92 Å². The predicted octanol–water partition coefficient (Wildman–Crippen LogP) is 3.56. The van der Waals surface area contributed by atoms with Crippen molar-refractivity contribution < 1.29 is 4.74 Å². The van der Waals surface area contributed by atoms with E-state index in [1.165, 1.54) is 5.56 Å². The highest BCUT2D eigenvalue weighted by molar-refractivity contribution is 5.19. The van der Waals surface area contributed by atoms with Crippen molar-refractivity contribution in [1.29, 1.82) is 0 Å². The van der Waals surface area contributed by atoms with E-state index in [9.17, 15) is 0 Å². The van der Waals surface area contributed by atoms with E-state index in [0.29, 0.717) is 18.0 Å². The van der Waals surface area contributed by atoms with Gasteiger partial charge in [-0.1, -0.05) is 50.3 Å². The van der Waals surface area contributed by atoms with E-state index in [-0.39, 0.29) is 0 Å². The Morgan fingerprint density at radius 3 is 2.44 bits per heavy atom. The van der Waals surface area contributed by atoms with Gasteiger partial charge in [0.05, 0.1) is 6.61 Å². The van der Waals surface area contributed by atoms with E-state index in [0.717, 1.165) is 13.0 Å². The summed E-state index contributed by atoms with van der Waals surface area (Å²) < 4.78 is 5.29. The van der Waals surface area contributed by atoms with Gasteiger partial charge >= 0.3 is 0 Å². The lowest BCUT2D eigenvalue weighted by molar-refractivity contribution is 0.140. The predicted molar refractivity (Wildman–Crippen MR) is 77.6 cm³/mol. The van der Waals surface area contributed by atoms with Crippen LogP contribution in [0.2, 0.25) is 0 Å². The number of nitrogens with one attached hydrogen (secondary N) is 1. The number of hydrogen-bond acceptors (Lipinski definition) is 2. The van der Waals surface area contributed by atoms with Crippen LogP contribution in [0.25, 0.3) is 0 Å². The second-order valence-corrected chi connectivity index (χ2v) is 4.96. The lowest BCUT2D eigenvalue weighted by Gasteiger charge is -2.27. The maximum Gasteiger partial charge on any atom is 0.0618 e. The van der Waals surface area contributed by atoms with Crippen LogP contribution in [0.15, 0.2) is 43.0 Å². The zero-order chi connectivity index (χ0) is 13.4. The lowest BCUT2D eigenvalue weighted by Crippen LogP contribution is -2.40. The SMILES string of the molecule is C=CC[C@@H](N[C@H](COC)C(C)C)c1ccccc1. The molecule has 1 aromatic carbocycles. The maximum atomic E-state index is 5.29. The first-order chi connectivity index (χ1) is 8.69. The van der Waals surface area contributed by atoms with E-state index >= 15 is 0 Å². The van der Waals surface area contributed by atoms with Crippen LogP contribution in [0.4, 0.5) is 0 Å². The van der Waals surface area contributed by atoms with E-state index in [1.54, 1.807) is 7.11 Å². The van der Waals surface area contributed by atoms with E-state index in [4.69, 9.17) is 4.74 Å². The summed E-state index contributed by atoms with van der Waals surface area (Å²) in [4.78, 5) is 0. The standard InChI is InChI=1S/C16H25NO/c1-5-9-15(14-10-7-6-8-11-14)17-16(12-18-4)13(2)3/h5-8,10-11,13,15-17H,1,9,12H2,2-4H3/t15-,16-/m1/s1. The molecule has 0 fully saturated rings. The average molecular weight is 247 g/mol. The van der Waals surface area contributed by atoms with E-state index < -0.39 is 0 Å². The number of benzene rings is 1. The summed E-state index contributed by atoms with van der Waals surface area (Å²) in [6.07, 6.45) is 2.89. The van der Waals surface area contributed by atoms with Gasteiger partial charge in [-0.3, -0.25) is 0 Å². The molecule has 0 radical (unpaired) electrons. The van der Waals surface area contributed by atoms with Crippen LogP contribution >= 0.6 is 0 Å². The second-order valence-electron chi connectivity index (χ2n) is 4.96. The van der Waals surface area contributed by atoms with Crippen molar-refractivity contribution in [3.8, 4) is 0 Å². The summed E-state index contributed by atoms with van der Waals surface area (Å²) in [5.41, 5.74) is 1.30. The summed E-state index contributed by atoms with van der Waals surface area (Å²) in [6, 6.07) is 11.2. The second kappa shape index (κ2) is 8.06. The minimum atomic E-state index is 0.311. The fourth-order valence-corrected chi connectivity index (χ4v) is 2.02. The monoisotopic (exact) mass is 247 g/mol. The Kier molecular flexibility index (Phi) is 6.69. The van der Waals surface area contributed by atoms with Crippen molar-refractivity contribution >= 4 is 0 Å². The Hall–Kier alpha value is -1.12. The molecule has 100 valence electrons. The number of rotatable bonds is 8. The molecule has 0 heterocycles. The van der Waals surface area contributed by atoms with Gasteiger partial charge in [-0.15, -0.1) is 6.58 Å². The van der Waals surface area contributed by atoms with Crippen molar-refractivity contribution in [2.75, 3.05) is 13.7 Å². The van der Waals surface area contributed by atoms with Gasteiger partial charge in [0.25, 0.3) is 0 Å². The van der Waals surface area contributed by atoms with E-state index in [2.05, 4.69) is 50.0 Å². The van der Waals surface area contributed by atoms with Gasteiger partial charge in [0.1, 0.15) is 0 Å². The molecule has 18 heavy (non-hydrogen) atoms. The van der Waals surface area contributed by atoms with Gasteiger partial charge in [0.15, 0.2) is 0 Å². The molecular formula is C16H25NO. The molecule has 2 heteroatoms. The molecule has 0 amide bonds. The van der Waals surface area contributed by atoms with Crippen molar-refractivity contribution in [3.63, 3.8) is 0 Å². The first-order valence-electron chi connectivity index (χ1n) is 6.59. The molecular weight excluding hydrogens is 222 g/mol. The quantitative estimate of drug-likeness (QED) is 0.709. The first kappa shape index (κ1) is 14.9. The molecule has 2 nitrogen and oxygen atoms in total. The Bertz CT molecular complexity index is 334. The normalized spacial score (nSPS) is 14.4. The Balaban J connectivity index is 2.75. The third-order valence-corrected chi connectivity index (χ3v) is 3.17. The fourth-order valence-electron chi connectivity index (χ4n) is 2.02. The largest absolute Gasteiger partial charge is 0.383 e. The molecule has 0 spiro atoms. The van der Waals surface area contributed by atoms with Gasteiger partial charge < -0.3 is 10.1 Å². The average Bonchev–Trinajstić information content (AvgIpc) is 2.38. The highest BCUT2D eigenvalue weighted by Gasteiger charge is 2.18. The van der Waals surface area contributed by atoms with Crippen LogP contribution in [0.3, 0.4) is 0 Å².